The van der Waals surface area contributed by atoms with Crippen LogP contribution in [0.4, 0.5) is 0 Å². The molecule has 1 amide bonds. The van der Waals surface area contributed by atoms with Gasteiger partial charge in [0.2, 0.25) is 5.91 Å². The van der Waals surface area contributed by atoms with E-state index in [2.05, 4.69) is 38.3 Å². The molecule has 100 valence electrons. The molecule has 0 radical (unpaired) electrons. The molecule has 0 aliphatic heterocycles. The number of hydrogen-bond acceptors (Lipinski definition) is 2. The lowest BCUT2D eigenvalue weighted by Gasteiger charge is -2.22. The highest BCUT2D eigenvalue weighted by Gasteiger charge is 2.23. The highest BCUT2D eigenvalue weighted by Crippen LogP contribution is 2.18. The minimum Gasteiger partial charge on any atom is -0.352 e. The molecule has 0 spiro atoms. The largest absolute Gasteiger partial charge is 0.352 e. The van der Waals surface area contributed by atoms with E-state index in [1.165, 1.54) is 0 Å². The fourth-order valence-electron chi connectivity index (χ4n) is 2.14. The topological polar surface area (TPSA) is 41.1 Å². The summed E-state index contributed by atoms with van der Waals surface area (Å²) in [5.41, 5.74) is 0. The first-order valence-corrected chi connectivity index (χ1v) is 7.00. The fraction of sp³-hybridized carbons (Fsp3) is 0.929. The molecule has 1 saturated carbocycles. The van der Waals surface area contributed by atoms with Crippen molar-refractivity contribution in [3.63, 3.8) is 0 Å². The van der Waals surface area contributed by atoms with Gasteiger partial charge in [-0.05, 0) is 37.5 Å². The number of amides is 1. The van der Waals surface area contributed by atoms with Crippen molar-refractivity contribution in [3.05, 3.63) is 0 Å². The Bertz CT molecular complexity index is 224. The van der Waals surface area contributed by atoms with Gasteiger partial charge in [0.25, 0.3) is 0 Å². The Morgan fingerprint density at radius 3 is 2.06 bits per heavy atom. The monoisotopic (exact) mass is 240 g/mol. The third kappa shape index (κ3) is 7.37. The lowest BCUT2D eigenvalue weighted by molar-refractivity contribution is -0.120. The quantitative estimate of drug-likeness (QED) is 0.683. The first-order chi connectivity index (χ1) is 7.97. The highest BCUT2D eigenvalue weighted by atomic mass is 16.2. The van der Waals surface area contributed by atoms with E-state index >= 15 is 0 Å². The van der Waals surface area contributed by atoms with Crippen LogP contribution in [0.5, 0.6) is 0 Å². The summed E-state index contributed by atoms with van der Waals surface area (Å²) in [4.78, 5) is 11.6. The van der Waals surface area contributed by atoms with Crippen molar-refractivity contribution in [2.24, 2.45) is 11.8 Å². The average molecular weight is 240 g/mol. The molecule has 0 heterocycles. The summed E-state index contributed by atoms with van der Waals surface area (Å²) in [6.07, 6.45) is 4.62. The standard InChI is InChI=1S/C14H28N2O/c1-10(2)7-13(8-11(3)4)15-9-14(17)16-12-5-6-12/h10-13,15H,5-9H2,1-4H3,(H,16,17). The Kier molecular flexibility index (Phi) is 5.96. The molecular weight excluding hydrogens is 212 g/mol. The van der Waals surface area contributed by atoms with Gasteiger partial charge in [0.1, 0.15) is 0 Å². The van der Waals surface area contributed by atoms with E-state index in [1.54, 1.807) is 0 Å². The van der Waals surface area contributed by atoms with Crippen molar-refractivity contribution in [2.75, 3.05) is 6.54 Å². The van der Waals surface area contributed by atoms with E-state index in [9.17, 15) is 4.79 Å². The lowest BCUT2D eigenvalue weighted by Crippen LogP contribution is -2.41. The molecule has 1 aliphatic carbocycles. The van der Waals surface area contributed by atoms with E-state index in [4.69, 9.17) is 0 Å². The van der Waals surface area contributed by atoms with Crippen LogP contribution in [-0.2, 0) is 4.79 Å². The average Bonchev–Trinajstić information content (AvgIpc) is 2.96. The maximum Gasteiger partial charge on any atom is 0.234 e. The maximum absolute atomic E-state index is 11.6. The molecule has 1 fully saturated rings. The Hall–Kier alpha value is -0.570. The van der Waals surface area contributed by atoms with Gasteiger partial charge in [0.15, 0.2) is 0 Å². The van der Waals surface area contributed by atoms with E-state index in [0.717, 1.165) is 25.7 Å². The van der Waals surface area contributed by atoms with Crippen LogP contribution in [-0.4, -0.2) is 24.5 Å². The molecule has 0 unspecified atom stereocenters. The predicted octanol–water partition coefficient (Wildman–Crippen LogP) is 2.32. The number of rotatable bonds is 8. The van der Waals surface area contributed by atoms with Crippen LogP contribution in [0.15, 0.2) is 0 Å². The van der Waals surface area contributed by atoms with Gasteiger partial charge >= 0.3 is 0 Å². The third-order valence-electron chi connectivity index (χ3n) is 3.01. The van der Waals surface area contributed by atoms with Gasteiger partial charge in [-0.2, -0.15) is 0 Å². The molecule has 0 atom stereocenters. The molecule has 0 bridgehead atoms. The number of nitrogens with one attached hydrogen (secondary N) is 2. The second-order valence-electron chi connectivity index (χ2n) is 6.18. The minimum absolute atomic E-state index is 0.157. The number of carbonyl (C=O) groups is 1. The first kappa shape index (κ1) is 14.5. The van der Waals surface area contributed by atoms with Crippen molar-refractivity contribution in [1.82, 2.24) is 10.6 Å². The van der Waals surface area contributed by atoms with Crippen molar-refractivity contribution >= 4 is 5.91 Å². The van der Waals surface area contributed by atoms with Gasteiger partial charge in [-0.25, -0.2) is 0 Å². The molecule has 3 nitrogen and oxygen atoms in total. The molecule has 3 heteroatoms. The first-order valence-electron chi connectivity index (χ1n) is 7.00. The molecule has 1 rings (SSSR count). The lowest BCUT2D eigenvalue weighted by atomic mass is 9.95. The van der Waals surface area contributed by atoms with Crippen molar-refractivity contribution in [2.45, 2.75) is 65.5 Å². The zero-order chi connectivity index (χ0) is 12.8. The van der Waals surface area contributed by atoms with Crippen LogP contribution in [0.2, 0.25) is 0 Å². The molecule has 0 aromatic heterocycles. The van der Waals surface area contributed by atoms with E-state index in [-0.39, 0.29) is 5.91 Å². The van der Waals surface area contributed by atoms with Crippen LogP contribution in [0.3, 0.4) is 0 Å². The smallest absolute Gasteiger partial charge is 0.234 e. The predicted molar refractivity (Wildman–Crippen MR) is 71.9 cm³/mol. The van der Waals surface area contributed by atoms with Crippen LogP contribution >= 0.6 is 0 Å². The van der Waals surface area contributed by atoms with Gasteiger partial charge in [0, 0.05) is 12.1 Å². The van der Waals surface area contributed by atoms with Gasteiger partial charge in [-0.15, -0.1) is 0 Å². The number of hydrogen-bond donors (Lipinski definition) is 2. The van der Waals surface area contributed by atoms with E-state index in [1.807, 2.05) is 0 Å². The van der Waals surface area contributed by atoms with Gasteiger partial charge in [0.05, 0.1) is 6.54 Å². The number of carbonyl (C=O) groups excluding carboxylic acids is 1. The molecule has 0 aromatic carbocycles. The van der Waals surface area contributed by atoms with Crippen molar-refractivity contribution < 1.29 is 4.79 Å². The Morgan fingerprint density at radius 1 is 1.12 bits per heavy atom. The Labute approximate surface area is 106 Å². The van der Waals surface area contributed by atoms with Crippen LogP contribution in [0, 0.1) is 11.8 Å². The highest BCUT2D eigenvalue weighted by molar-refractivity contribution is 5.78. The van der Waals surface area contributed by atoms with Crippen molar-refractivity contribution in [3.8, 4) is 0 Å². The summed E-state index contributed by atoms with van der Waals surface area (Å²) in [6, 6.07) is 0.943. The third-order valence-corrected chi connectivity index (χ3v) is 3.01. The minimum atomic E-state index is 0.157. The summed E-state index contributed by atoms with van der Waals surface area (Å²) >= 11 is 0. The normalized spacial score (nSPS) is 15.9. The van der Waals surface area contributed by atoms with Crippen molar-refractivity contribution in [1.29, 1.82) is 0 Å². The van der Waals surface area contributed by atoms with Crippen LogP contribution in [0.1, 0.15) is 53.4 Å². The summed E-state index contributed by atoms with van der Waals surface area (Å²) < 4.78 is 0. The molecule has 17 heavy (non-hydrogen) atoms. The summed E-state index contributed by atoms with van der Waals surface area (Å²) in [7, 11) is 0. The van der Waals surface area contributed by atoms with Gasteiger partial charge < -0.3 is 10.6 Å². The molecule has 2 N–H and O–H groups in total. The molecule has 0 aromatic rings. The summed E-state index contributed by atoms with van der Waals surface area (Å²) in [6.45, 7) is 9.41. The maximum atomic E-state index is 11.6. The SMILES string of the molecule is CC(C)CC(CC(C)C)NCC(=O)NC1CC1. The van der Waals surface area contributed by atoms with Crippen LogP contribution < -0.4 is 10.6 Å². The van der Waals surface area contributed by atoms with Gasteiger partial charge in [-0.3, -0.25) is 4.79 Å². The summed E-state index contributed by atoms with van der Waals surface area (Å²) in [5.74, 6) is 1.51. The van der Waals surface area contributed by atoms with Crippen LogP contribution in [0.25, 0.3) is 0 Å². The molecule has 0 saturated heterocycles. The zero-order valence-corrected chi connectivity index (χ0v) is 11.8. The zero-order valence-electron chi connectivity index (χ0n) is 11.8. The fourth-order valence-corrected chi connectivity index (χ4v) is 2.14. The summed E-state index contributed by atoms with van der Waals surface area (Å²) in [5, 5.41) is 6.42. The van der Waals surface area contributed by atoms with E-state index in [0.29, 0.717) is 30.5 Å². The molecule has 1 aliphatic rings. The molecular formula is C14H28N2O. The van der Waals surface area contributed by atoms with E-state index < -0.39 is 0 Å². The second-order valence-corrected chi connectivity index (χ2v) is 6.18. The van der Waals surface area contributed by atoms with Gasteiger partial charge in [-0.1, -0.05) is 27.7 Å². The Balaban J connectivity index is 2.23. The second kappa shape index (κ2) is 7.00. The Morgan fingerprint density at radius 2 is 1.65 bits per heavy atom.